The SMILES string of the molecule is CCOC(=O)c1c(-c2ccccc2)csc1NC(=O)CCCN1C(=O)/C(=C\c2ccccc2OC(F)F)SC1=S. The maximum absolute atomic E-state index is 12.9. The second-order valence-electron chi connectivity index (χ2n) is 8.34. The van der Waals surface area contributed by atoms with Crippen LogP contribution in [0.2, 0.25) is 0 Å². The van der Waals surface area contributed by atoms with Crippen molar-refractivity contribution in [3.8, 4) is 16.9 Å². The molecule has 12 heteroatoms. The highest BCUT2D eigenvalue weighted by Gasteiger charge is 2.32. The first-order chi connectivity index (χ1) is 19.3. The molecule has 0 atom stereocenters. The lowest BCUT2D eigenvalue weighted by Crippen LogP contribution is -2.29. The summed E-state index contributed by atoms with van der Waals surface area (Å²) in [5.41, 5.74) is 2.12. The summed E-state index contributed by atoms with van der Waals surface area (Å²) in [7, 11) is 0. The number of ether oxygens (including phenoxy) is 2. The Morgan fingerprint density at radius 2 is 1.85 bits per heavy atom. The lowest BCUT2D eigenvalue weighted by Gasteiger charge is -2.14. The van der Waals surface area contributed by atoms with Gasteiger partial charge in [-0.05, 0) is 31.1 Å². The normalized spacial score (nSPS) is 14.2. The summed E-state index contributed by atoms with van der Waals surface area (Å²) in [6.45, 7) is -0.902. The lowest BCUT2D eigenvalue weighted by atomic mass is 10.0. The second kappa shape index (κ2) is 13.6. The first-order valence-electron chi connectivity index (χ1n) is 12.2. The van der Waals surface area contributed by atoms with Gasteiger partial charge in [0, 0.05) is 29.5 Å². The Labute approximate surface area is 243 Å². The summed E-state index contributed by atoms with van der Waals surface area (Å²) >= 11 is 7.63. The molecule has 1 aliphatic heterocycles. The molecule has 0 bridgehead atoms. The number of thiocarbonyl (C=S) groups is 1. The van der Waals surface area contributed by atoms with Crippen LogP contribution in [-0.2, 0) is 14.3 Å². The molecule has 1 aromatic heterocycles. The molecule has 0 aliphatic carbocycles. The molecule has 1 fully saturated rings. The number of hydrogen-bond donors (Lipinski definition) is 1. The van der Waals surface area contributed by atoms with Crippen LogP contribution in [0.5, 0.6) is 5.75 Å². The number of halogens is 2. The topological polar surface area (TPSA) is 84.9 Å². The molecule has 0 radical (unpaired) electrons. The van der Waals surface area contributed by atoms with E-state index < -0.39 is 12.6 Å². The van der Waals surface area contributed by atoms with Crippen molar-refractivity contribution in [2.75, 3.05) is 18.5 Å². The number of alkyl halides is 2. The zero-order valence-corrected chi connectivity index (χ0v) is 23.7. The van der Waals surface area contributed by atoms with Crippen molar-refractivity contribution in [1.29, 1.82) is 0 Å². The lowest BCUT2D eigenvalue weighted by molar-refractivity contribution is -0.122. The van der Waals surface area contributed by atoms with E-state index in [2.05, 4.69) is 10.1 Å². The molecule has 1 saturated heterocycles. The van der Waals surface area contributed by atoms with Gasteiger partial charge >= 0.3 is 12.6 Å². The monoisotopic (exact) mass is 602 g/mol. The van der Waals surface area contributed by atoms with Gasteiger partial charge in [-0.15, -0.1) is 11.3 Å². The molecule has 1 aliphatic rings. The van der Waals surface area contributed by atoms with Crippen molar-refractivity contribution in [2.45, 2.75) is 26.4 Å². The van der Waals surface area contributed by atoms with E-state index in [9.17, 15) is 23.2 Å². The third kappa shape index (κ3) is 7.12. The van der Waals surface area contributed by atoms with Gasteiger partial charge in [0.25, 0.3) is 5.91 Å². The predicted octanol–water partition coefficient (Wildman–Crippen LogP) is 6.81. The molecular formula is C28H24F2N2O5S3. The molecule has 4 rings (SSSR count). The van der Waals surface area contributed by atoms with Gasteiger partial charge in [-0.1, -0.05) is 72.5 Å². The fraction of sp³-hybridized carbons (Fsp3) is 0.214. The molecule has 0 unspecified atom stereocenters. The number of anilines is 1. The van der Waals surface area contributed by atoms with E-state index in [1.54, 1.807) is 30.5 Å². The van der Waals surface area contributed by atoms with Gasteiger partial charge in [-0.3, -0.25) is 14.5 Å². The Bertz CT molecular complexity index is 1440. The number of amides is 2. The smallest absolute Gasteiger partial charge is 0.387 e. The Hall–Kier alpha value is -3.61. The number of esters is 1. The largest absolute Gasteiger partial charge is 0.462 e. The number of hydrogen-bond acceptors (Lipinski definition) is 8. The quantitative estimate of drug-likeness (QED) is 0.147. The van der Waals surface area contributed by atoms with Gasteiger partial charge in [-0.25, -0.2) is 4.79 Å². The van der Waals surface area contributed by atoms with Crippen molar-refractivity contribution in [3.05, 3.63) is 76.0 Å². The average Bonchev–Trinajstić information content (AvgIpc) is 3.46. The molecule has 0 spiro atoms. The molecule has 40 heavy (non-hydrogen) atoms. The van der Waals surface area contributed by atoms with Crippen molar-refractivity contribution < 1.29 is 32.6 Å². The van der Waals surface area contributed by atoms with Gasteiger partial charge in [0.05, 0.1) is 11.5 Å². The Morgan fingerprint density at radius 1 is 1.12 bits per heavy atom. The van der Waals surface area contributed by atoms with Gasteiger partial charge in [0.15, 0.2) is 0 Å². The third-order valence-corrected chi connectivity index (χ3v) is 7.96. The van der Waals surface area contributed by atoms with Gasteiger partial charge in [0.1, 0.15) is 20.6 Å². The minimum Gasteiger partial charge on any atom is -0.462 e. The standard InChI is InChI=1S/C28H24F2N2O5S3/c1-2-36-26(35)23-19(17-9-4-3-5-10-17)16-39-24(23)31-22(33)13-8-14-32-25(34)21(40-28(32)38)15-18-11-6-7-12-20(18)37-27(29)30/h3-7,9-12,15-16,27H,2,8,13-14H2,1H3,(H,31,33)/b21-15+. The molecule has 2 amide bonds. The van der Waals surface area contributed by atoms with Crippen molar-refractivity contribution in [3.63, 3.8) is 0 Å². The van der Waals surface area contributed by atoms with Crippen LogP contribution < -0.4 is 10.1 Å². The first-order valence-corrected chi connectivity index (χ1v) is 14.3. The zero-order chi connectivity index (χ0) is 28.6. The summed E-state index contributed by atoms with van der Waals surface area (Å²) < 4.78 is 35.5. The summed E-state index contributed by atoms with van der Waals surface area (Å²) in [4.78, 5) is 40.1. The zero-order valence-electron chi connectivity index (χ0n) is 21.2. The van der Waals surface area contributed by atoms with E-state index >= 15 is 0 Å². The number of carbonyl (C=O) groups excluding carboxylic acids is 3. The van der Waals surface area contributed by atoms with E-state index in [4.69, 9.17) is 17.0 Å². The predicted molar refractivity (Wildman–Crippen MR) is 157 cm³/mol. The number of benzene rings is 2. The van der Waals surface area contributed by atoms with E-state index in [-0.39, 0.29) is 42.0 Å². The van der Waals surface area contributed by atoms with Gasteiger partial charge in [-0.2, -0.15) is 8.78 Å². The van der Waals surface area contributed by atoms with Crippen LogP contribution in [0.15, 0.2) is 64.9 Å². The third-order valence-electron chi connectivity index (χ3n) is 5.69. The summed E-state index contributed by atoms with van der Waals surface area (Å²) in [5, 5.41) is 4.99. The molecule has 1 N–H and O–H groups in total. The van der Waals surface area contributed by atoms with Crippen LogP contribution in [0.25, 0.3) is 17.2 Å². The van der Waals surface area contributed by atoms with Crippen LogP contribution in [-0.4, -0.2) is 46.8 Å². The summed E-state index contributed by atoms with van der Waals surface area (Å²) in [6, 6.07) is 15.5. The van der Waals surface area contributed by atoms with Crippen LogP contribution >= 0.6 is 35.3 Å². The van der Waals surface area contributed by atoms with Crippen LogP contribution in [0, 0.1) is 0 Å². The maximum Gasteiger partial charge on any atom is 0.387 e. The van der Waals surface area contributed by atoms with E-state index in [1.165, 1.54) is 28.4 Å². The van der Waals surface area contributed by atoms with Gasteiger partial charge in [0.2, 0.25) is 5.91 Å². The van der Waals surface area contributed by atoms with Crippen LogP contribution in [0.1, 0.15) is 35.7 Å². The molecule has 3 aromatic rings. The van der Waals surface area contributed by atoms with Crippen molar-refractivity contribution in [1.82, 2.24) is 4.90 Å². The maximum atomic E-state index is 12.9. The Morgan fingerprint density at radius 3 is 2.58 bits per heavy atom. The minimum absolute atomic E-state index is 0.0503. The van der Waals surface area contributed by atoms with E-state index in [1.807, 2.05) is 30.3 Å². The fourth-order valence-corrected chi connectivity index (χ4v) is 6.18. The molecule has 0 saturated carbocycles. The number of carbonyl (C=O) groups is 3. The molecular weight excluding hydrogens is 579 g/mol. The van der Waals surface area contributed by atoms with E-state index in [0.717, 1.165) is 17.3 Å². The van der Waals surface area contributed by atoms with Crippen molar-refractivity contribution in [2.24, 2.45) is 0 Å². The number of nitrogens with zero attached hydrogens (tertiary/aromatic N) is 1. The number of thiophene rings is 1. The second-order valence-corrected chi connectivity index (χ2v) is 10.9. The van der Waals surface area contributed by atoms with Crippen molar-refractivity contribution >= 4 is 68.5 Å². The van der Waals surface area contributed by atoms with Crippen LogP contribution in [0.4, 0.5) is 13.8 Å². The number of rotatable bonds is 11. The van der Waals surface area contributed by atoms with Gasteiger partial charge < -0.3 is 14.8 Å². The highest BCUT2D eigenvalue weighted by Crippen LogP contribution is 2.37. The average molecular weight is 603 g/mol. The Kier molecular flexibility index (Phi) is 10.0. The highest BCUT2D eigenvalue weighted by atomic mass is 32.2. The minimum atomic E-state index is -3.00. The first kappa shape index (κ1) is 29.4. The van der Waals surface area contributed by atoms with Crippen LogP contribution in [0.3, 0.4) is 0 Å². The number of thioether (sulfide) groups is 1. The fourth-order valence-electron chi connectivity index (χ4n) is 3.91. The number of nitrogens with one attached hydrogen (secondary N) is 1. The Balaban J connectivity index is 1.39. The molecule has 2 aromatic carbocycles. The molecule has 7 nitrogen and oxygen atoms in total. The highest BCUT2D eigenvalue weighted by molar-refractivity contribution is 8.26. The summed E-state index contributed by atoms with van der Waals surface area (Å²) in [6.07, 6.45) is 1.84. The molecule has 2 heterocycles. The number of para-hydroxylation sites is 1. The molecule has 208 valence electrons. The summed E-state index contributed by atoms with van der Waals surface area (Å²) in [5.74, 6) is -1.28. The van der Waals surface area contributed by atoms with E-state index in [0.29, 0.717) is 32.4 Å².